The topological polar surface area (TPSA) is 411 Å². The summed E-state index contributed by atoms with van der Waals surface area (Å²) in [5, 5.41) is 155. The summed E-state index contributed by atoms with van der Waals surface area (Å²) in [6.07, 6.45) is -31.5. The number of aliphatic hydroxyl groups is 13. The van der Waals surface area contributed by atoms with Crippen LogP contribution in [0.4, 0.5) is 0 Å². The Hall–Kier alpha value is -1.79. The van der Waals surface area contributed by atoms with Crippen LogP contribution in [0.2, 0.25) is 0 Å². The average Bonchev–Trinajstić information content (AvgIpc) is 0.680. The van der Waals surface area contributed by atoms with Gasteiger partial charge in [0.25, 0.3) is 0 Å². The highest BCUT2D eigenvalue weighted by Gasteiger charge is 2.70. The highest BCUT2D eigenvalue weighted by atomic mass is 16.8. The van der Waals surface area contributed by atoms with Gasteiger partial charge in [0, 0.05) is 0 Å². The Bertz CT molecular complexity index is 2510. The van der Waals surface area contributed by atoms with Crippen molar-refractivity contribution < 1.29 is 133 Å². The maximum Gasteiger partial charge on any atom is 0.310 e. The van der Waals surface area contributed by atoms with Gasteiger partial charge < -0.3 is 128 Å². The minimum atomic E-state index is -1.95. The largest absolute Gasteiger partial charge is 0.481 e. The van der Waals surface area contributed by atoms with Crippen LogP contribution in [0, 0.1) is 50.2 Å². The second-order valence-electron chi connectivity index (χ2n) is 30.1. The standard InChI is InChI=1S/C62H100O27/c1-25-36(67)48(88-52-43(74)47(32(66)24-80-52)87-53-41(72)39(70)45(26(2)83-53)85-51-42(73)46(31(65)23-79-51)86-50-40(71)37(68)29(63)21-78-50)44(75)54(82-25)89-49-38(69)30(64)22-81-55(49)84-35-13-14-59(7)33(58(35,5)6)12-15-61(9)34(59)11-10-27-28-20-57(3,4)16-18-62(28,56(76)77)19-17-60(27,61)8/h10,25-26,28-55,63-75H,11-24H2,1-9H3,(H,76,77). The summed E-state index contributed by atoms with van der Waals surface area (Å²) in [4.78, 5) is 13.2. The quantitative estimate of drug-likeness (QED) is 0.0760. The molecule has 11 rings (SSSR count). The van der Waals surface area contributed by atoms with Crippen LogP contribution in [0.5, 0.6) is 0 Å². The van der Waals surface area contributed by atoms with Crippen molar-refractivity contribution in [3.8, 4) is 0 Å². The van der Waals surface area contributed by atoms with Gasteiger partial charge in [-0.1, -0.05) is 60.1 Å². The van der Waals surface area contributed by atoms with Crippen molar-refractivity contribution in [3.05, 3.63) is 11.6 Å². The smallest absolute Gasteiger partial charge is 0.310 e. The van der Waals surface area contributed by atoms with Gasteiger partial charge in [0.1, 0.15) is 110 Å². The molecule has 0 aromatic heterocycles. The minimum Gasteiger partial charge on any atom is -0.481 e. The van der Waals surface area contributed by atoms with E-state index in [1.165, 1.54) is 19.4 Å². The fourth-order valence-electron chi connectivity index (χ4n) is 18.4. The number of allylic oxidation sites excluding steroid dienone is 2. The third kappa shape index (κ3) is 11.8. The van der Waals surface area contributed by atoms with Crippen LogP contribution in [-0.2, 0) is 61.6 Å². The highest BCUT2D eigenvalue weighted by Crippen LogP contribution is 2.76. The van der Waals surface area contributed by atoms with Crippen LogP contribution < -0.4 is 0 Å². The van der Waals surface area contributed by atoms with E-state index >= 15 is 0 Å². The molecule has 0 spiro atoms. The Morgan fingerprint density at radius 1 is 0.461 bits per heavy atom. The molecular formula is C62H100O27. The molecule has 0 radical (unpaired) electrons. The predicted molar refractivity (Wildman–Crippen MR) is 302 cm³/mol. The van der Waals surface area contributed by atoms with Gasteiger partial charge in [-0.25, -0.2) is 0 Å². The number of rotatable bonds is 13. The predicted octanol–water partition coefficient (Wildman–Crippen LogP) is -1.21. The monoisotopic (exact) mass is 1280 g/mol. The zero-order valence-corrected chi connectivity index (χ0v) is 52.4. The van der Waals surface area contributed by atoms with E-state index in [9.17, 15) is 76.3 Å². The van der Waals surface area contributed by atoms with E-state index in [1.807, 2.05) is 0 Å². The van der Waals surface area contributed by atoms with Crippen LogP contribution in [0.3, 0.4) is 0 Å². The fourth-order valence-corrected chi connectivity index (χ4v) is 18.4. The Kier molecular flexibility index (Phi) is 19.5. The normalized spacial score (nSPS) is 55.0. The summed E-state index contributed by atoms with van der Waals surface area (Å²) in [5.74, 6) is -0.153. The second-order valence-corrected chi connectivity index (χ2v) is 30.1. The molecule has 27 nitrogen and oxygen atoms in total. The number of ether oxygens (including phenoxy) is 12. The van der Waals surface area contributed by atoms with Gasteiger partial charge in [0.2, 0.25) is 0 Å². The Morgan fingerprint density at radius 2 is 0.955 bits per heavy atom. The van der Waals surface area contributed by atoms with Crippen molar-refractivity contribution in [1.29, 1.82) is 0 Å². The molecule has 510 valence electrons. The molecule has 6 heterocycles. The molecule has 89 heavy (non-hydrogen) atoms. The van der Waals surface area contributed by atoms with Crippen molar-refractivity contribution >= 4 is 5.97 Å². The average molecular weight is 1280 g/mol. The van der Waals surface area contributed by atoms with Crippen molar-refractivity contribution in [3.63, 3.8) is 0 Å². The van der Waals surface area contributed by atoms with E-state index < -0.39 is 203 Å². The van der Waals surface area contributed by atoms with E-state index in [2.05, 4.69) is 54.5 Å². The van der Waals surface area contributed by atoms with Gasteiger partial charge in [-0.2, -0.15) is 0 Å². The SMILES string of the molecule is CC1OC(OC2C(OC3CCC4(C)C(CCC5(C)C4CC=C4C6CC(C)(C)CCC6(C(=O)O)CCC45C)C3(C)C)OCC(O)C2O)C(O)C(OC2OCC(O)C(OC3OC(C)C(OC4OCC(O)C(OC5OCC(O)C(O)C5O)C4O)C(O)C3O)C2O)C1O. The van der Waals surface area contributed by atoms with Gasteiger partial charge >= 0.3 is 5.97 Å². The molecule has 34 atom stereocenters. The maximum atomic E-state index is 13.2. The van der Waals surface area contributed by atoms with Crippen molar-refractivity contribution in [2.24, 2.45) is 50.2 Å². The van der Waals surface area contributed by atoms with Gasteiger partial charge in [0.15, 0.2) is 37.7 Å². The van der Waals surface area contributed by atoms with E-state index in [-0.39, 0.29) is 40.1 Å². The summed E-state index contributed by atoms with van der Waals surface area (Å²) in [6, 6.07) is 0. The zero-order chi connectivity index (χ0) is 64.6. The maximum absolute atomic E-state index is 13.2. The molecule has 14 N–H and O–H groups in total. The number of hydrogen-bond acceptors (Lipinski definition) is 26. The third-order valence-electron chi connectivity index (χ3n) is 24.1. The molecule has 0 bridgehead atoms. The van der Waals surface area contributed by atoms with Crippen LogP contribution >= 0.6 is 0 Å². The summed E-state index contributed by atoms with van der Waals surface area (Å²) in [5.41, 5.74) is -0.123. The molecule has 11 aliphatic rings. The number of carboxylic acid groups (broad SMARTS) is 1. The Labute approximate surface area is 518 Å². The van der Waals surface area contributed by atoms with Crippen LogP contribution in [0.15, 0.2) is 11.6 Å². The number of hydrogen-bond donors (Lipinski definition) is 14. The summed E-state index contributed by atoms with van der Waals surface area (Å²) in [6.45, 7) is 17.5. The number of aliphatic carboxylic acids is 1. The minimum absolute atomic E-state index is 0.00164. The molecule has 10 fully saturated rings. The van der Waals surface area contributed by atoms with Crippen molar-refractivity contribution in [2.45, 2.75) is 292 Å². The molecule has 0 amide bonds. The van der Waals surface area contributed by atoms with Crippen LogP contribution in [-0.4, -0.2) is 270 Å². The lowest BCUT2D eigenvalue weighted by Gasteiger charge is -2.71. The first kappa shape index (κ1) is 68.6. The first-order chi connectivity index (χ1) is 41.7. The first-order valence-corrected chi connectivity index (χ1v) is 32.2. The Morgan fingerprint density at radius 3 is 1.58 bits per heavy atom. The Balaban J connectivity index is 0.724. The van der Waals surface area contributed by atoms with E-state index in [0.717, 1.165) is 44.9 Å². The molecular weight excluding hydrogens is 1180 g/mol. The molecule has 27 heteroatoms. The molecule has 0 aromatic carbocycles. The highest BCUT2D eigenvalue weighted by molar-refractivity contribution is 5.76. The van der Waals surface area contributed by atoms with Gasteiger partial charge in [0.05, 0.1) is 50.2 Å². The molecule has 5 aliphatic carbocycles. The number of carboxylic acids is 1. The van der Waals surface area contributed by atoms with E-state index in [4.69, 9.17) is 56.8 Å². The molecule has 6 aliphatic heterocycles. The lowest BCUT2D eigenvalue weighted by molar-refractivity contribution is -0.387. The van der Waals surface area contributed by atoms with Gasteiger partial charge in [-0.3, -0.25) is 4.79 Å². The molecule has 0 aromatic rings. The lowest BCUT2D eigenvalue weighted by atomic mass is 9.33. The number of aliphatic hydroxyl groups excluding tert-OH is 13. The van der Waals surface area contributed by atoms with Gasteiger partial charge in [-0.15, -0.1) is 0 Å². The van der Waals surface area contributed by atoms with Crippen LogP contribution in [0.1, 0.15) is 127 Å². The van der Waals surface area contributed by atoms with E-state index in [1.54, 1.807) is 0 Å². The third-order valence-corrected chi connectivity index (χ3v) is 24.1. The molecule has 4 saturated carbocycles. The van der Waals surface area contributed by atoms with Crippen LogP contribution in [0.25, 0.3) is 0 Å². The van der Waals surface area contributed by atoms with Gasteiger partial charge in [-0.05, 0) is 123 Å². The lowest BCUT2D eigenvalue weighted by Crippen LogP contribution is -2.66. The number of carbonyl (C=O) groups is 1. The van der Waals surface area contributed by atoms with Crippen molar-refractivity contribution in [1.82, 2.24) is 0 Å². The molecule has 34 unspecified atom stereocenters. The summed E-state index contributed by atoms with van der Waals surface area (Å²) in [7, 11) is 0. The van der Waals surface area contributed by atoms with Crippen molar-refractivity contribution in [2.75, 3.05) is 26.4 Å². The summed E-state index contributed by atoms with van der Waals surface area (Å²) >= 11 is 0. The number of fused-ring (bicyclic) bond motifs is 7. The first-order valence-electron chi connectivity index (χ1n) is 32.2. The fraction of sp³-hybridized carbons (Fsp3) is 0.952. The summed E-state index contributed by atoms with van der Waals surface area (Å²) < 4.78 is 71.2. The zero-order valence-electron chi connectivity index (χ0n) is 52.4. The molecule has 6 saturated heterocycles. The van der Waals surface area contributed by atoms with E-state index in [0.29, 0.717) is 25.2 Å². The second kappa shape index (κ2) is 25.3.